The second-order valence-electron chi connectivity index (χ2n) is 6.69. The molecule has 0 saturated carbocycles. The van der Waals surface area contributed by atoms with E-state index in [-0.39, 0.29) is 22.9 Å². The Bertz CT molecular complexity index is 935. The zero-order valence-corrected chi connectivity index (χ0v) is 16.0. The number of aromatic nitrogens is 1. The number of piperazine rings is 1. The van der Waals surface area contributed by atoms with Gasteiger partial charge < -0.3 is 10.0 Å². The van der Waals surface area contributed by atoms with Crippen LogP contribution in [-0.2, 0) is 22.1 Å². The summed E-state index contributed by atoms with van der Waals surface area (Å²) in [4.78, 5) is 31.1. The number of nitrogens with zero attached hydrogens (tertiary/aromatic N) is 3. The SMILES string of the molecule is CC(F)(F)c1ccc(CN2C(=O)CN(c3ncc(Cl)cc3F)C(=O)[C@H]2CO)cc1. The smallest absolute Gasteiger partial charge is 0.270 e. The predicted octanol–water partition coefficient (Wildman–Crippen LogP) is 2.72. The molecule has 2 amide bonds. The molecular weight excluding hydrogens is 411 g/mol. The Labute approximate surface area is 169 Å². The van der Waals surface area contributed by atoms with E-state index in [2.05, 4.69) is 4.98 Å². The number of anilines is 1. The molecule has 1 aromatic heterocycles. The van der Waals surface area contributed by atoms with Crippen LogP contribution in [0.4, 0.5) is 19.0 Å². The van der Waals surface area contributed by atoms with Crippen LogP contribution >= 0.6 is 11.6 Å². The van der Waals surface area contributed by atoms with Gasteiger partial charge in [-0.15, -0.1) is 0 Å². The van der Waals surface area contributed by atoms with Crippen molar-refractivity contribution in [1.29, 1.82) is 0 Å². The molecule has 0 unspecified atom stereocenters. The molecule has 154 valence electrons. The number of alkyl halides is 2. The van der Waals surface area contributed by atoms with Gasteiger partial charge in [0.05, 0.1) is 11.6 Å². The van der Waals surface area contributed by atoms with Crippen LogP contribution in [0.25, 0.3) is 0 Å². The van der Waals surface area contributed by atoms with Crippen LogP contribution in [0.2, 0.25) is 5.02 Å². The number of halogens is 4. The lowest BCUT2D eigenvalue weighted by Crippen LogP contribution is -2.61. The first-order valence-corrected chi connectivity index (χ1v) is 8.99. The number of rotatable bonds is 5. The summed E-state index contributed by atoms with van der Waals surface area (Å²) in [7, 11) is 0. The summed E-state index contributed by atoms with van der Waals surface area (Å²) in [5.74, 6) is -5.50. The third-order valence-electron chi connectivity index (χ3n) is 4.57. The van der Waals surface area contributed by atoms with Crippen molar-refractivity contribution >= 4 is 29.2 Å². The van der Waals surface area contributed by atoms with Gasteiger partial charge >= 0.3 is 0 Å². The van der Waals surface area contributed by atoms with E-state index in [1.807, 2.05) is 0 Å². The van der Waals surface area contributed by atoms with E-state index in [0.29, 0.717) is 5.56 Å². The summed E-state index contributed by atoms with van der Waals surface area (Å²) in [5.41, 5.74) is 0.318. The summed E-state index contributed by atoms with van der Waals surface area (Å²) in [6, 6.07) is 5.02. The summed E-state index contributed by atoms with van der Waals surface area (Å²) in [5, 5.41) is 9.71. The normalized spacial score (nSPS) is 17.8. The second kappa shape index (κ2) is 8.00. The van der Waals surface area contributed by atoms with Gasteiger partial charge in [-0.25, -0.2) is 18.2 Å². The van der Waals surface area contributed by atoms with Crippen LogP contribution in [0.3, 0.4) is 0 Å². The lowest BCUT2D eigenvalue weighted by molar-refractivity contribution is -0.145. The van der Waals surface area contributed by atoms with Gasteiger partial charge in [0.2, 0.25) is 5.91 Å². The average Bonchev–Trinajstić information content (AvgIpc) is 2.65. The molecule has 10 heteroatoms. The molecule has 1 aromatic carbocycles. The van der Waals surface area contributed by atoms with E-state index in [1.165, 1.54) is 24.3 Å². The van der Waals surface area contributed by atoms with Crippen molar-refractivity contribution in [3.05, 3.63) is 58.5 Å². The molecule has 0 radical (unpaired) electrons. The fourth-order valence-corrected chi connectivity index (χ4v) is 3.20. The minimum absolute atomic E-state index is 0.0310. The zero-order valence-electron chi connectivity index (χ0n) is 15.3. The largest absolute Gasteiger partial charge is 0.394 e. The molecule has 1 aliphatic heterocycles. The van der Waals surface area contributed by atoms with Crippen LogP contribution in [0, 0.1) is 5.82 Å². The quantitative estimate of drug-likeness (QED) is 0.796. The second-order valence-corrected chi connectivity index (χ2v) is 7.13. The summed E-state index contributed by atoms with van der Waals surface area (Å²) < 4.78 is 40.8. The molecule has 0 aliphatic carbocycles. The van der Waals surface area contributed by atoms with Crippen molar-refractivity contribution in [2.45, 2.75) is 25.4 Å². The fraction of sp³-hybridized carbons (Fsp3) is 0.316. The lowest BCUT2D eigenvalue weighted by atomic mass is 10.1. The third-order valence-corrected chi connectivity index (χ3v) is 4.78. The van der Waals surface area contributed by atoms with E-state index >= 15 is 0 Å². The average molecular weight is 428 g/mol. The molecule has 1 atom stereocenters. The number of benzene rings is 1. The number of aliphatic hydroxyl groups excluding tert-OH is 1. The Hall–Kier alpha value is -2.65. The van der Waals surface area contributed by atoms with Gasteiger partial charge in [-0.1, -0.05) is 35.9 Å². The van der Waals surface area contributed by atoms with E-state index in [4.69, 9.17) is 11.6 Å². The Morgan fingerprint density at radius 1 is 1.28 bits per heavy atom. The molecule has 1 fully saturated rings. The standard InChI is InChI=1S/C19H17ClF3N3O3/c1-19(22,23)12-4-2-11(3-5-12)8-25-15(10-27)18(29)26(9-16(25)28)17-14(21)6-13(20)7-24-17/h2-7,15,27H,8-10H2,1H3/t15-/m1/s1. The van der Waals surface area contributed by atoms with E-state index in [1.54, 1.807) is 0 Å². The number of pyridine rings is 1. The first-order valence-electron chi connectivity index (χ1n) is 8.62. The highest BCUT2D eigenvalue weighted by atomic mass is 35.5. The van der Waals surface area contributed by atoms with Crippen LogP contribution in [0.15, 0.2) is 36.5 Å². The van der Waals surface area contributed by atoms with Gasteiger partial charge in [-0.05, 0) is 11.6 Å². The topological polar surface area (TPSA) is 73.7 Å². The third kappa shape index (κ3) is 4.35. The van der Waals surface area contributed by atoms with Crippen molar-refractivity contribution in [1.82, 2.24) is 9.88 Å². The number of hydrogen-bond acceptors (Lipinski definition) is 4. The molecule has 1 saturated heterocycles. The molecule has 29 heavy (non-hydrogen) atoms. The van der Waals surface area contributed by atoms with Crippen LogP contribution in [0.1, 0.15) is 18.1 Å². The first kappa shape index (κ1) is 21.1. The van der Waals surface area contributed by atoms with Crippen molar-refractivity contribution in [2.24, 2.45) is 0 Å². The van der Waals surface area contributed by atoms with Crippen LogP contribution < -0.4 is 4.90 Å². The molecule has 3 rings (SSSR count). The summed E-state index contributed by atoms with van der Waals surface area (Å²) in [6.07, 6.45) is 1.14. The number of carbonyl (C=O) groups excluding carboxylic acids is 2. The maximum atomic E-state index is 14.2. The van der Waals surface area contributed by atoms with Crippen molar-refractivity contribution < 1.29 is 27.9 Å². The zero-order chi connectivity index (χ0) is 21.3. The van der Waals surface area contributed by atoms with Gasteiger partial charge in [-0.3, -0.25) is 14.5 Å². The number of carbonyl (C=O) groups is 2. The molecule has 0 spiro atoms. The van der Waals surface area contributed by atoms with Gasteiger partial charge in [0.1, 0.15) is 12.6 Å². The molecule has 1 N–H and O–H groups in total. The maximum Gasteiger partial charge on any atom is 0.270 e. The number of hydrogen-bond donors (Lipinski definition) is 1. The predicted molar refractivity (Wildman–Crippen MR) is 99.0 cm³/mol. The molecular formula is C19H17ClF3N3O3. The molecule has 0 bridgehead atoms. The van der Waals surface area contributed by atoms with Crippen LogP contribution in [0.5, 0.6) is 0 Å². The molecule has 1 aliphatic rings. The van der Waals surface area contributed by atoms with Gasteiger partial charge in [0, 0.05) is 25.2 Å². The molecule has 2 aromatic rings. The van der Waals surface area contributed by atoms with E-state index < -0.39 is 42.7 Å². The molecule has 2 heterocycles. The Morgan fingerprint density at radius 2 is 1.93 bits per heavy atom. The Kier molecular flexibility index (Phi) is 5.81. The van der Waals surface area contributed by atoms with Crippen LogP contribution in [-0.4, -0.2) is 46.0 Å². The fourth-order valence-electron chi connectivity index (χ4n) is 3.05. The van der Waals surface area contributed by atoms with Crippen molar-refractivity contribution in [3.8, 4) is 0 Å². The number of aliphatic hydroxyl groups is 1. The maximum absolute atomic E-state index is 14.2. The Balaban J connectivity index is 1.83. The lowest BCUT2D eigenvalue weighted by Gasteiger charge is -2.39. The molecule has 6 nitrogen and oxygen atoms in total. The summed E-state index contributed by atoms with van der Waals surface area (Å²) >= 11 is 5.66. The monoisotopic (exact) mass is 427 g/mol. The van der Waals surface area contributed by atoms with E-state index in [9.17, 15) is 27.9 Å². The highest BCUT2D eigenvalue weighted by molar-refractivity contribution is 6.30. The highest BCUT2D eigenvalue weighted by Crippen LogP contribution is 2.28. The summed E-state index contributed by atoms with van der Waals surface area (Å²) in [6.45, 7) is -0.474. The minimum Gasteiger partial charge on any atom is -0.394 e. The van der Waals surface area contributed by atoms with Gasteiger partial charge in [-0.2, -0.15) is 0 Å². The number of amides is 2. The van der Waals surface area contributed by atoms with E-state index in [0.717, 1.165) is 29.0 Å². The van der Waals surface area contributed by atoms with Crippen molar-refractivity contribution in [2.75, 3.05) is 18.1 Å². The van der Waals surface area contributed by atoms with Crippen molar-refractivity contribution in [3.63, 3.8) is 0 Å². The minimum atomic E-state index is -3.00. The Morgan fingerprint density at radius 3 is 2.48 bits per heavy atom. The highest BCUT2D eigenvalue weighted by Gasteiger charge is 2.41. The van der Waals surface area contributed by atoms with Gasteiger partial charge in [0.15, 0.2) is 11.6 Å². The van der Waals surface area contributed by atoms with Gasteiger partial charge in [0.25, 0.3) is 11.8 Å². The first-order chi connectivity index (χ1) is 13.6.